The van der Waals surface area contributed by atoms with Crippen LogP contribution in [0, 0.1) is 5.92 Å². The minimum atomic E-state index is -3.81. The maximum atomic E-state index is 12.6. The first kappa shape index (κ1) is 21.7. The van der Waals surface area contributed by atoms with Gasteiger partial charge in [0.15, 0.2) is 0 Å². The van der Waals surface area contributed by atoms with Crippen LogP contribution in [0.3, 0.4) is 0 Å². The average Bonchev–Trinajstić information content (AvgIpc) is 3.50. The highest BCUT2D eigenvalue weighted by Crippen LogP contribution is 2.47. The van der Waals surface area contributed by atoms with Crippen LogP contribution in [0.25, 0.3) is 0 Å². The lowest BCUT2D eigenvalue weighted by Crippen LogP contribution is -2.42. The number of nitrogens with one attached hydrogen (secondary N) is 3. The third kappa shape index (κ3) is 5.04. The Morgan fingerprint density at radius 3 is 2.59 bits per heavy atom. The number of hydrazine groups is 1. The van der Waals surface area contributed by atoms with Crippen molar-refractivity contribution in [3.63, 3.8) is 0 Å². The number of hydrogen-bond acceptors (Lipinski definition) is 5. The summed E-state index contributed by atoms with van der Waals surface area (Å²) >= 11 is 0. The summed E-state index contributed by atoms with van der Waals surface area (Å²) in [5, 5.41) is 4.10. The van der Waals surface area contributed by atoms with Gasteiger partial charge in [-0.05, 0) is 41.7 Å². The molecule has 1 aromatic heterocycles. The van der Waals surface area contributed by atoms with Crippen molar-refractivity contribution in [1.29, 1.82) is 0 Å². The van der Waals surface area contributed by atoms with Crippen molar-refractivity contribution < 1.29 is 18.0 Å². The summed E-state index contributed by atoms with van der Waals surface area (Å²) in [5.41, 5.74) is 6.70. The van der Waals surface area contributed by atoms with Gasteiger partial charge in [-0.3, -0.25) is 25.1 Å². The number of carbonyl (C=O) groups is 2. The Labute approximate surface area is 185 Å². The average molecular weight is 454 g/mol. The Morgan fingerprint density at radius 2 is 1.88 bits per heavy atom. The second-order valence-electron chi connectivity index (χ2n) is 7.68. The van der Waals surface area contributed by atoms with E-state index in [9.17, 15) is 18.0 Å². The molecule has 2 aromatic carbocycles. The van der Waals surface area contributed by atoms with Crippen LogP contribution >= 0.6 is 0 Å². The standard InChI is InChI=1S/C22H23N5O4S/c1-27-14-17(13-23-27)19-11-20(19)22(29)26-25-21(28)16-8-5-9-18(10-16)32(30,31)24-12-15-6-3-2-4-7-15/h2-10,13-14,19-20,24H,11-12H2,1H3,(H,25,28)(H,26,29). The molecule has 0 bridgehead atoms. The Balaban J connectivity index is 1.33. The Hall–Kier alpha value is -3.50. The number of rotatable bonds is 7. The van der Waals surface area contributed by atoms with Gasteiger partial charge in [-0.15, -0.1) is 0 Å². The summed E-state index contributed by atoms with van der Waals surface area (Å²) < 4.78 is 29.4. The lowest BCUT2D eigenvalue weighted by Gasteiger charge is -2.10. The van der Waals surface area contributed by atoms with E-state index in [1.165, 1.54) is 24.3 Å². The summed E-state index contributed by atoms with van der Waals surface area (Å²) in [7, 11) is -2.00. The topological polar surface area (TPSA) is 122 Å². The molecule has 0 radical (unpaired) electrons. The molecule has 2 atom stereocenters. The first-order chi connectivity index (χ1) is 15.3. The molecule has 2 amide bonds. The molecule has 166 valence electrons. The minimum absolute atomic E-state index is 0.0359. The van der Waals surface area contributed by atoms with Crippen LogP contribution < -0.4 is 15.6 Å². The normalized spacial score (nSPS) is 17.5. The summed E-state index contributed by atoms with van der Waals surface area (Å²) in [5.74, 6) is -1.03. The number of sulfonamides is 1. The van der Waals surface area contributed by atoms with Crippen LogP contribution in [0.15, 0.2) is 71.9 Å². The van der Waals surface area contributed by atoms with E-state index in [0.717, 1.165) is 11.1 Å². The van der Waals surface area contributed by atoms with Crippen molar-refractivity contribution in [2.45, 2.75) is 23.8 Å². The first-order valence-electron chi connectivity index (χ1n) is 10.1. The van der Waals surface area contributed by atoms with Crippen LogP contribution in [0.4, 0.5) is 0 Å². The van der Waals surface area contributed by atoms with Gasteiger partial charge in [0.2, 0.25) is 15.9 Å². The van der Waals surface area contributed by atoms with E-state index in [-0.39, 0.29) is 34.7 Å². The monoisotopic (exact) mass is 453 g/mol. The fourth-order valence-corrected chi connectivity index (χ4v) is 4.49. The van der Waals surface area contributed by atoms with Crippen molar-refractivity contribution in [2.75, 3.05) is 0 Å². The zero-order valence-electron chi connectivity index (χ0n) is 17.4. The van der Waals surface area contributed by atoms with E-state index in [2.05, 4.69) is 20.7 Å². The molecular formula is C22H23N5O4S. The maximum Gasteiger partial charge on any atom is 0.269 e. The number of aromatic nitrogens is 2. The largest absolute Gasteiger partial charge is 0.276 e. The van der Waals surface area contributed by atoms with E-state index >= 15 is 0 Å². The molecule has 3 N–H and O–H groups in total. The SMILES string of the molecule is Cn1cc(C2CC2C(=O)NNC(=O)c2cccc(S(=O)(=O)NCc3ccccc3)c2)cn1. The zero-order valence-corrected chi connectivity index (χ0v) is 18.2. The molecule has 0 saturated heterocycles. The highest BCUT2D eigenvalue weighted by Gasteiger charge is 2.44. The Bertz CT molecular complexity index is 1240. The van der Waals surface area contributed by atoms with Gasteiger partial charge < -0.3 is 0 Å². The number of amides is 2. The van der Waals surface area contributed by atoms with Gasteiger partial charge in [0.05, 0.1) is 11.1 Å². The van der Waals surface area contributed by atoms with Crippen LogP contribution in [-0.2, 0) is 28.4 Å². The number of nitrogens with zero attached hydrogens (tertiary/aromatic N) is 2. The first-order valence-corrected chi connectivity index (χ1v) is 11.5. The third-order valence-electron chi connectivity index (χ3n) is 5.30. The molecular weight excluding hydrogens is 430 g/mol. The lowest BCUT2D eigenvalue weighted by molar-refractivity contribution is -0.123. The summed E-state index contributed by atoms with van der Waals surface area (Å²) in [6, 6.07) is 14.8. The molecule has 32 heavy (non-hydrogen) atoms. The Kier molecular flexibility index (Phi) is 6.06. The number of benzene rings is 2. The van der Waals surface area contributed by atoms with Crippen molar-refractivity contribution in [3.8, 4) is 0 Å². The molecule has 10 heteroatoms. The second kappa shape index (κ2) is 8.93. The molecule has 1 aliphatic carbocycles. The molecule has 1 fully saturated rings. The van der Waals surface area contributed by atoms with E-state index in [1.807, 2.05) is 43.6 Å². The molecule has 0 spiro atoms. The number of hydrogen-bond donors (Lipinski definition) is 3. The molecule has 2 unspecified atom stereocenters. The van der Waals surface area contributed by atoms with Crippen molar-refractivity contribution >= 4 is 21.8 Å². The molecule has 1 aliphatic rings. The van der Waals surface area contributed by atoms with Crippen molar-refractivity contribution in [2.24, 2.45) is 13.0 Å². The maximum absolute atomic E-state index is 12.6. The number of aryl methyl sites for hydroxylation is 1. The van der Waals surface area contributed by atoms with E-state index < -0.39 is 15.9 Å². The summed E-state index contributed by atoms with van der Waals surface area (Å²) in [6.07, 6.45) is 4.29. The molecule has 0 aliphatic heterocycles. The van der Waals surface area contributed by atoms with Gasteiger partial charge in [-0.25, -0.2) is 13.1 Å². The molecule has 1 heterocycles. The molecule has 1 saturated carbocycles. The minimum Gasteiger partial charge on any atom is -0.276 e. The highest BCUT2D eigenvalue weighted by atomic mass is 32.2. The quantitative estimate of drug-likeness (QED) is 0.468. The van der Waals surface area contributed by atoms with E-state index in [4.69, 9.17) is 0 Å². The van der Waals surface area contributed by atoms with Gasteiger partial charge in [0, 0.05) is 31.3 Å². The van der Waals surface area contributed by atoms with E-state index in [1.54, 1.807) is 10.9 Å². The van der Waals surface area contributed by atoms with Gasteiger partial charge in [0.1, 0.15) is 0 Å². The van der Waals surface area contributed by atoms with Crippen molar-refractivity contribution in [3.05, 3.63) is 83.7 Å². The lowest BCUT2D eigenvalue weighted by atomic mass is 10.2. The Morgan fingerprint density at radius 1 is 1.09 bits per heavy atom. The van der Waals surface area contributed by atoms with Crippen LogP contribution in [0.2, 0.25) is 0 Å². The predicted molar refractivity (Wildman–Crippen MR) is 117 cm³/mol. The zero-order chi connectivity index (χ0) is 22.7. The van der Waals surface area contributed by atoms with Gasteiger partial charge >= 0.3 is 0 Å². The molecule has 3 aromatic rings. The predicted octanol–water partition coefficient (Wildman–Crippen LogP) is 1.46. The van der Waals surface area contributed by atoms with Gasteiger partial charge in [-0.2, -0.15) is 5.10 Å². The number of carbonyl (C=O) groups excluding carboxylic acids is 2. The highest BCUT2D eigenvalue weighted by molar-refractivity contribution is 7.89. The third-order valence-corrected chi connectivity index (χ3v) is 6.69. The van der Waals surface area contributed by atoms with E-state index in [0.29, 0.717) is 6.42 Å². The van der Waals surface area contributed by atoms with Crippen molar-refractivity contribution in [1.82, 2.24) is 25.4 Å². The molecule has 9 nitrogen and oxygen atoms in total. The smallest absolute Gasteiger partial charge is 0.269 e. The fourth-order valence-electron chi connectivity index (χ4n) is 3.43. The summed E-state index contributed by atoms with van der Waals surface area (Å²) in [4.78, 5) is 24.7. The van der Waals surface area contributed by atoms with Gasteiger partial charge in [-0.1, -0.05) is 36.4 Å². The van der Waals surface area contributed by atoms with Crippen LogP contribution in [-0.4, -0.2) is 30.0 Å². The second-order valence-corrected chi connectivity index (χ2v) is 9.44. The van der Waals surface area contributed by atoms with Crippen LogP contribution in [0.5, 0.6) is 0 Å². The summed E-state index contributed by atoms with van der Waals surface area (Å²) in [6.45, 7) is 0.134. The van der Waals surface area contributed by atoms with Gasteiger partial charge in [0.25, 0.3) is 5.91 Å². The van der Waals surface area contributed by atoms with Crippen LogP contribution in [0.1, 0.15) is 33.8 Å². The molecule has 4 rings (SSSR count). The fraction of sp³-hybridized carbons (Fsp3) is 0.227.